The molecule has 0 bridgehead atoms. The molecule has 15 heavy (non-hydrogen) atoms. The number of benzene rings is 1. The largest absolute Gasteiger partial charge is 0.480 e. The van der Waals surface area contributed by atoms with E-state index in [1.807, 2.05) is 0 Å². The van der Waals surface area contributed by atoms with Crippen LogP contribution in [-0.4, -0.2) is 17.1 Å². The number of aryl methyl sites for hydroxylation is 1. The van der Waals surface area contributed by atoms with Crippen LogP contribution in [0.25, 0.3) is 0 Å². The SMILES string of the molecule is Cc1ccc(F)c(C[C@H](N)C(=O)O)c1Cl. The highest BCUT2D eigenvalue weighted by molar-refractivity contribution is 6.32. The highest BCUT2D eigenvalue weighted by atomic mass is 35.5. The molecule has 0 aliphatic carbocycles. The molecule has 1 aromatic rings. The smallest absolute Gasteiger partial charge is 0.320 e. The van der Waals surface area contributed by atoms with E-state index in [-0.39, 0.29) is 17.0 Å². The molecular weight excluding hydrogens is 221 g/mol. The van der Waals surface area contributed by atoms with Crippen molar-refractivity contribution in [3.63, 3.8) is 0 Å². The van der Waals surface area contributed by atoms with E-state index < -0.39 is 17.8 Å². The van der Waals surface area contributed by atoms with Gasteiger partial charge in [0.15, 0.2) is 0 Å². The minimum atomic E-state index is -1.17. The van der Waals surface area contributed by atoms with Crippen molar-refractivity contribution in [2.24, 2.45) is 5.73 Å². The molecule has 0 aliphatic rings. The lowest BCUT2D eigenvalue weighted by Crippen LogP contribution is -2.32. The summed E-state index contributed by atoms with van der Waals surface area (Å²) in [5.74, 6) is -1.70. The number of hydrogen-bond acceptors (Lipinski definition) is 2. The van der Waals surface area contributed by atoms with Crippen LogP contribution in [0.2, 0.25) is 5.02 Å². The number of nitrogens with two attached hydrogens (primary N) is 1. The van der Waals surface area contributed by atoms with E-state index in [0.717, 1.165) is 0 Å². The second-order valence-corrected chi connectivity index (χ2v) is 3.68. The van der Waals surface area contributed by atoms with Gasteiger partial charge in [0.2, 0.25) is 0 Å². The van der Waals surface area contributed by atoms with Crippen LogP contribution in [0.3, 0.4) is 0 Å². The van der Waals surface area contributed by atoms with Crippen LogP contribution in [0.4, 0.5) is 4.39 Å². The highest BCUT2D eigenvalue weighted by Gasteiger charge is 2.17. The maximum Gasteiger partial charge on any atom is 0.320 e. The van der Waals surface area contributed by atoms with E-state index in [1.165, 1.54) is 12.1 Å². The molecule has 1 aromatic carbocycles. The van der Waals surface area contributed by atoms with E-state index in [2.05, 4.69) is 0 Å². The zero-order valence-electron chi connectivity index (χ0n) is 8.13. The van der Waals surface area contributed by atoms with Gasteiger partial charge in [-0.2, -0.15) is 0 Å². The van der Waals surface area contributed by atoms with Crippen LogP contribution in [-0.2, 0) is 11.2 Å². The number of carbonyl (C=O) groups is 1. The number of aliphatic carboxylic acids is 1. The number of carboxylic acids is 1. The summed E-state index contributed by atoms with van der Waals surface area (Å²) in [5, 5.41) is 8.85. The van der Waals surface area contributed by atoms with Gasteiger partial charge in [-0.3, -0.25) is 4.79 Å². The van der Waals surface area contributed by atoms with Gasteiger partial charge in [0.25, 0.3) is 0 Å². The number of rotatable bonds is 3. The molecule has 0 saturated carbocycles. The molecule has 0 aliphatic heterocycles. The molecule has 0 heterocycles. The maximum atomic E-state index is 13.3. The predicted molar refractivity (Wildman–Crippen MR) is 55.5 cm³/mol. The van der Waals surface area contributed by atoms with E-state index in [9.17, 15) is 9.18 Å². The molecule has 3 nitrogen and oxygen atoms in total. The lowest BCUT2D eigenvalue weighted by atomic mass is 10.0. The van der Waals surface area contributed by atoms with Crippen molar-refractivity contribution in [1.29, 1.82) is 0 Å². The van der Waals surface area contributed by atoms with Crippen molar-refractivity contribution < 1.29 is 14.3 Å². The van der Waals surface area contributed by atoms with Gasteiger partial charge in [-0.15, -0.1) is 0 Å². The summed E-state index contributed by atoms with van der Waals surface area (Å²) < 4.78 is 13.3. The molecule has 0 radical (unpaired) electrons. The monoisotopic (exact) mass is 231 g/mol. The molecule has 1 rings (SSSR count). The Labute approximate surface area is 91.7 Å². The summed E-state index contributed by atoms with van der Waals surface area (Å²) in [6.07, 6.45) is -0.109. The van der Waals surface area contributed by atoms with Crippen molar-refractivity contribution in [1.82, 2.24) is 0 Å². The molecule has 0 saturated heterocycles. The Morgan fingerprint density at radius 1 is 1.67 bits per heavy atom. The van der Waals surface area contributed by atoms with E-state index >= 15 is 0 Å². The molecule has 0 amide bonds. The third-order valence-corrected chi connectivity index (χ3v) is 2.65. The quantitative estimate of drug-likeness (QED) is 0.833. The molecule has 3 N–H and O–H groups in total. The molecule has 82 valence electrons. The van der Waals surface area contributed by atoms with Gasteiger partial charge in [-0.05, 0) is 18.6 Å². The zero-order chi connectivity index (χ0) is 11.6. The fraction of sp³-hybridized carbons (Fsp3) is 0.300. The van der Waals surface area contributed by atoms with Crippen LogP contribution >= 0.6 is 11.6 Å². The van der Waals surface area contributed by atoms with Crippen molar-refractivity contribution in [2.75, 3.05) is 0 Å². The summed E-state index contributed by atoms with van der Waals surface area (Å²) in [6.45, 7) is 1.72. The third-order valence-electron chi connectivity index (χ3n) is 2.12. The second kappa shape index (κ2) is 4.59. The molecule has 0 aromatic heterocycles. The van der Waals surface area contributed by atoms with Crippen molar-refractivity contribution in [2.45, 2.75) is 19.4 Å². The predicted octanol–water partition coefficient (Wildman–Crippen LogP) is 1.74. The van der Waals surface area contributed by atoms with Crippen LogP contribution < -0.4 is 5.73 Å². The maximum absolute atomic E-state index is 13.3. The van der Waals surface area contributed by atoms with Crippen LogP contribution in [0.1, 0.15) is 11.1 Å². The van der Waals surface area contributed by atoms with Crippen molar-refractivity contribution in [3.8, 4) is 0 Å². The topological polar surface area (TPSA) is 63.3 Å². The molecule has 1 atom stereocenters. The first-order valence-corrected chi connectivity index (χ1v) is 4.73. The Hall–Kier alpha value is -1.13. The average molecular weight is 232 g/mol. The lowest BCUT2D eigenvalue weighted by Gasteiger charge is -2.10. The van der Waals surface area contributed by atoms with Gasteiger partial charge in [0.05, 0.1) is 0 Å². The molecular formula is C10H11ClFNO2. The van der Waals surface area contributed by atoms with Crippen molar-refractivity contribution in [3.05, 3.63) is 34.1 Å². The lowest BCUT2D eigenvalue weighted by molar-refractivity contribution is -0.138. The summed E-state index contributed by atoms with van der Waals surface area (Å²) in [7, 11) is 0. The summed E-state index contributed by atoms with van der Waals surface area (Å²) in [6, 6.07) is 1.65. The summed E-state index contributed by atoms with van der Waals surface area (Å²) in [4.78, 5) is 10.5. The van der Waals surface area contributed by atoms with Gasteiger partial charge >= 0.3 is 5.97 Å². The summed E-state index contributed by atoms with van der Waals surface area (Å²) >= 11 is 5.86. The average Bonchev–Trinajstić information content (AvgIpc) is 2.18. The first kappa shape index (κ1) is 11.9. The Morgan fingerprint density at radius 2 is 2.27 bits per heavy atom. The zero-order valence-corrected chi connectivity index (χ0v) is 8.88. The standard InChI is InChI=1S/C10H11ClFNO2/c1-5-2-3-7(12)6(9(5)11)4-8(13)10(14)15/h2-3,8H,4,13H2,1H3,(H,14,15)/t8-/m0/s1. The van der Waals surface area contributed by atoms with E-state index in [1.54, 1.807) is 6.92 Å². The summed E-state index contributed by atoms with van der Waals surface area (Å²) in [5.41, 5.74) is 6.17. The minimum Gasteiger partial charge on any atom is -0.480 e. The molecule has 0 fully saturated rings. The number of carboxylic acid groups (broad SMARTS) is 1. The van der Waals surface area contributed by atoms with Gasteiger partial charge < -0.3 is 10.8 Å². The fourth-order valence-electron chi connectivity index (χ4n) is 1.21. The fourth-order valence-corrected chi connectivity index (χ4v) is 1.44. The molecule has 5 heteroatoms. The van der Waals surface area contributed by atoms with Crippen LogP contribution in [0.5, 0.6) is 0 Å². The first-order valence-electron chi connectivity index (χ1n) is 4.35. The Kier molecular flexibility index (Phi) is 3.66. The highest BCUT2D eigenvalue weighted by Crippen LogP contribution is 2.24. The van der Waals surface area contributed by atoms with Crippen molar-refractivity contribution >= 4 is 17.6 Å². The van der Waals surface area contributed by atoms with Gasteiger partial charge in [0, 0.05) is 17.0 Å². The van der Waals surface area contributed by atoms with E-state index in [4.69, 9.17) is 22.4 Å². The van der Waals surface area contributed by atoms with Gasteiger partial charge in [-0.1, -0.05) is 17.7 Å². The minimum absolute atomic E-state index is 0.109. The van der Waals surface area contributed by atoms with E-state index in [0.29, 0.717) is 5.56 Å². The Morgan fingerprint density at radius 3 is 2.80 bits per heavy atom. The molecule has 0 spiro atoms. The van der Waals surface area contributed by atoms with Gasteiger partial charge in [-0.25, -0.2) is 4.39 Å². The third kappa shape index (κ3) is 2.67. The van der Waals surface area contributed by atoms with Crippen LogP contribution in [0.15, 0.2) is 12.1 Å². The van der Waals surface area contributed by atoms with Crippen LogP contribution in [0, 0.1) is 12.7 Å². The first-order chi connectivity index (χ1) is 6.93. The second-order valence-electron chi connectivity index (χ2n) is 3.31. The Balaban J connectivity index is 3.03. The number of halogens is 2. The molecule has 0 unspecified atom stereocenters. The number of hydrogen-bond donors (Lipinski definition) is 2. The van der Waals surface area contributed by atoms with Gasteiger partial charge in [0.1, 0.15) is 11.9 Å². The Bertz CT molecular complexity index is 395. The normalized spacial score (nSPS) is 12.5.